The van der Waals surface area contributed by atoms with Gasteiger partial charge in [-0.2, -0.15) is 0 Å². The van der Waals surface area contributed by atoms with Gasteiger partial charge in [-0.15, -0.1) is 0 Å². The van der Waals surface area contributed by atoms with Crippen molar-refractivity contribution in [2.45, 2.75) is 6.92 Å². The molecule has 54 valence electrons. The summed E-state index contributed by atoms with van der Waals surface area (Å²) in [6.45, 7) is 6.90. The molecule has 1 saturated heterocycles. The van der Waals surface area contributed by atoms with Gasteiger partial charge in [0, 0.05) is 19.6 Å². The summed E-state index contributed by atoms with van der Waals surface area (Å²) < 4.78 is 5.16. The summed E-state index contributed by atoms with van der Waals surface area (Å²) in [5.41, 5.74) is 3.24. The second kappa shape index (κ2) is 3.82. The number of nitrogens with zero attached hydrogens (tertiary/aromatic N) is 1. The number of morpholine rings is 1. The highest BCUT2D eigenvalue weighted by Gasteiger charge is 2.06. The van der Waals surface area contributed by atoms with Crippen LogP contribution < -0.4 is 5.43 Å². The molecule has 0 aromatic rings. The van der Waals surface area contributed by atoms with Crippen molar-refractivity contribution in [3.05, 3.63) is 0 Å². The van der Waals surface area contributed by atoms with Crippen LogP contribution in [0, 0.1) is 0 Å². The lowest BCUT2D eigenvalue weighted by atomic mass is 10.5. The van der Waals surface area contributed by atoms with Crippen molar-refractivity contribution in [1.29, 1.82) is 0 Å². The Morgan fingerprint density at radius 1 is 1.44 bits per heavy atom. The number of hydrogen-bond donors (Lipinski definition) is 1. The van der Waals surface area contributed by atoms with Crippen LogP contribution in [0.3, 0.4) is 0 Å². The molecule has 0 spiro atoms. The van der Waals surface area contributed by atoms with Gasteiger partial charge < -0.3 is 4.74 Å². The minimum Gasteiger partial charge on any atom is -0.379 e. The molecule has 0 aliphatic carbocycles. The van der Waals surface area contributed by atoms with Crippen molar-refractivity contribution in [2.24, 2.45) is 0 Å². The van der Waals surface area contributed by atoms with Crippen molar-refractivity contribution >= 4 is 0 Å². The van der Waals surface area contributed by atoms with Gasteiger partial charge in [-0.3, -0.25) is 5.43 Å². The van der Waals surface area contributed by atoms with E-state index in [4.69, 9.17) is 4.74 Å². The molecule has 1 aliphatic rings. The molecule has 3 nitrogen and oxygen atoms in total. The molecule has 0 saturated carbocycles. The quantitative estimate of drug-likeness (QED) is 0.562. The second-order valence-electron chi connectivity index (χ2n) is 2.11. The van der Waals surface area contributed by atoms with Crippen LogP contribution in [0.4, 0.5) is 0 Å². The molecule has 1 heterocycles. The fraction of sp³-hybridized carbons (Fsp3) is 1.00. The Morgan fingerprint density at radius 2 is 2.11 bits per heavy atom. The lowest BCUT2D eigenvalue weighted by molar-refractivity contribution is 0.0132. The Balaban J connectivity index is 2.08. The largest absolute Gasteiger partial charge is 0.379 e. The minimum absolute atomic E-state index is 0.868. The van der Waals surface area contributed by atoms with Gasteiger partial charge in [0.25, 0.3) is 0 Å². The van der Waals surface area contributed by atoms with Crippen LogP contribution in [-0.4, -0.2) is 37.9 Å². The van der Waals surface area contributed by atoms with E-state index in [2.05, 4.69) is 17.4 Å². The summed E-state index contributed by atoms with van der Waals surface area (Å²) in [6.07, 6.45) is 0. The summed E-state index contributed by atoms with van der Waals surface area (Å²) in [4.78, 5) is 0. The average molecular weight is 130 g/mol. The predicted octanol–water partition coefficient (Wildman–Crippen LogP) is -0.157. The standard InChI is InChI=1S/C6H14N2O/c1-2-7-8-3-5-9-6-4-8/h7H,2-6H2,1H3. The van der Waals surface area contributed by atoms with Crippen molar-refractivity contribution in [1.82, 2.24) is 10.4 Å². The van der Waals surface area contributed by atoms with Crippen molar-refractivity contribution in [3.8, 4) is 0 Å². The van der Waals surface area contributed by atoms with E-state index in [0.29, 0.717) is 0 Å². The average Bonchev–Trinajstić information content (AvgIpc) is 1.91. The molecular formula is C6H14N2O. The molecule has 0 aromatic heterocycles. The third-order valence-corrected chi connectivity index (χ3v) is 1.39. The molecule has 9 heavy (non-hydrogen) atoms. The molecule has 0 amide bonds. The SMILES string of the molecule is CCNN1CCOCC1. The van der Waals surface area contributed by atoms with Gasteiger partial charge >= 0.3 is 0 Å². The fourth-order valence-corrected chi connectivity index (χ4v) is 0.945. The molecule has 0 unspecified atom stereocenters. The van der Waals surface area contributed by atoms with Crippen LogP contribution in [0.15, 0.2) is 0 Å². The van der Waals surface area contributed by atoms with Crippen LogP contribution in [0.25, 0.3) is 0 Å². The zero-order chi connectivity index (χ0) is 6.53. The maximum atomic E-state index is 5.16. The molecular weight excluding hydrogens is 116 g/mol. The second-order valence-corrected chi connectivity index (χ2v) is 2.11. The minimum atomic E-state index is 0.868. The van der Waals surface area contributed by atoms with E-state index >= 15 is 0 Å². The van der Waals surface area contributed by atoms with E-state index in [9.17, 15) is 0 Å². The van der Waals surface area contributed by atoms with E-state index in [-0.39, 0.29) is 0 Å². The van der Waals surface area contributed by atoms with E-state index < -0.39 is 0 Å². The van der Waals surface area contributed by atoms with Gasteiger partial charge in [0.05, 0.1) is 13.2 Å². The zero-order valence-electron chi connectivity index (χ0n) is 5.89. The molecule has 1 N–H and O–H groups in total. The summed E-state index contributed by atoms with van der Waals surface area (Å²) in [5, 5.41) is 2.20. The molecule has 1 fully saturated rings. The van der Waals surface area contributed by atoms with Gasteiger partial charge in [0.1, 0.15) is 0 Å². The fourth-order valence-electron chi connectivity index (χ4n) is 0.945. The summed E-state index contributed by atoms with van der Waals surface area (Å²) >= 11 is 0. The van der Waals surface area contributed by atoms with Crippen LogP contribution in [0.5, 0.6) is 0 Å². The predicted molar refractivity (Wildman–Crippen MR) is 36.1 cm³/mol. The number of hydrazine groups is 1. The first-order valence-corrected chi connectivity index (χ1v) is 3.49. The Labute approximate surface area is 56.0 Å². The maximum Gasteiger partial charge on any atom is 0.0608 e. The van der Waals surface area contributed by atoms with Crippen molar-refractivity contribution < 1.29 is 4.74 Å². The number of hydrogen-bond acceptors (Lipinski definition) is 3. The first-order valence-electron chi connectivity index (χ1n) is 3.49. The lowest BCUT2D eigenvalue weighted by Gasteiger charge is -2.26. The zero-order valence-corrected chi connectivity index (χ0v) is 5.89. The smallest absolute Gasteiger partial charge is 0.0608 e. The topological polar surface area (TPSA) is 24.5 Å². The third kappa shape index (κ3) is 2.30. The lowest BCUT2D eigenvalue weighted by Crippen LogP contribution is -2.45. The highest BCUT2D eigenvalue weighted by molar-refractivity contribution is 4.55. The van der Waals surface area contributed by atoms with Gasteiger partial charge in [-0.1, -0.05) is 6.92 Å². The van der Waals surface area contributed by atoms with Crippen LogP contribution in [0.1, 0.15) is 6.92 Å². The first-order chi connectivity index (χ1) is 4.43. The number of ether oxygens (including phenoxy) is 1. The Kier molecular flexibility index (Phi) is 2.97. The maximum absolute atomic E-state index is 5.16. The highest BCUT2D eigenvalue weighted by Crippen LogP contribution is 1.90. The van der Waals surface area contributed by atoms with Crippen molar-refractivity contribution in [3.63, 3.8) is 0 Å². The van der Waals surface area contributed by atoms with Crippen molar-refractivity contribution in [2.75, 3.05) is 32.8 Å². The van der Waals surface area contributed by atoms with E-state index in [1.165, 1.54) is 0 Å². The molecule has 0 aromatic carbocycles. The van der Waals surface area contributed by atoms with E-state index in [1.807, 2.05) is 0 Å². The normalized spacial score (nSPS) is 22.3. The Bertz CT molecular complexity index is 68.7. The van der Waals surface area contributed by atoms with Gasteiger partial charge in [-0.25, -0.2) is 5.01 Å². The molecule has 1 aliphatic heterocycles. The third-order valence-electron chi connectivity index (χ3n) is 1.39. The van der Waals surface area contributed by atoms with Gasteiger partial charge in [-0.05, 0) is 0 Å². The van der Waals surface area contributed by atoms with Gasteiger partial charge in [0.2, 0.25) is 0 Å². The summed E-state index contributed by atoms with van der Waals surface area (Å²) in [5.74, 6) is 0. The first kappa shape index (κ1) is 6.99. The molecule has 0 bridgehead atoms. The Hall–Kier alpha value is -0.120. The number of rotatable bonds is 2. The van der Waals surface area contributed by atoms with E-state index in [1.54, 1.807) is 0 Å². The van der Waals surface area contributed by atoms with Crippen LogP contribution in [-0.2, 0) is 4.74 Å². The molecule has 0 radical (unpaired) electrons. The van der Waals surface area contributed by atoms with Crippen LogP contribution >= 0.6 is 0 Å². The molecule has 3 heteroatoms. The number of nitrogens with one attached hydrogen (secondary N) is 1. The highest BCUT2D eigenvalue weighted by atomic mass is 16.5. The van der Waals surface area contributed by atoms with Gasteiger partial charge in [0.15, 0.2) is 0 Å². The summed E-state index contributed by atoms with van der Waals surface area (Å²) in [7, 11) is 0. The Morgan fingerprint density at radius 3 is 2.67 bits per heavy atom. The molecule has 0 atom stereocenters. The van der Waals surface area contributed by atoms with E-state index in [0.717, 1.165) is 32.8 Å². The molecule has 1 rings (SSSR count). The van der Waals surface area contributed by atoms with Crippen LogP contribution in [0.2, 0.25) is 0 Å². The monoisotopic (exact) mass is 130 g/mol. The summed E-state index contributed by atoms with van der Waals surface area (Å²) in [6, 6.07) is 0.